The quantitative estimate of drug-likeness (QED) is 0.492. The molecular weight excluding hydrogens is 151 g/mol. The maximum Gasteiger partial charge on any atom is 0.105 e. The van der Waals surface area contributed by atoms with Crippen LogP contribution >= 0.6 is 35.0 Å². The summed E-state index contributed by atoms with van der Waals surface area (Å²) in [6.45, 7) is 1.70. The van der Waals surface area contributed by atoms with Crippen molar-refractivity contribution in [3.63, 3.8) is 0 Å². The molecule has 0 heterocycles. The van der Waals surface area contributed by atoms with Gasteiger partial charge in [0.15, 0.2) is 0 Å². The van der Waals surface area contributed by atoms with E-state index < -0.39 is 0 Å². The van der Waals surface area contributed by atoms with Crippen LogP contribution in [0.3, 0.4) is 0 Å². The molecule has 0 N–H and O–H groups in total. The Kier molecular flexibility index (Phi) is 15.5. The van der Waals surface area contributed by atoms with Crippen LogP contribution in [0.4, 0.5) is 0 Å². The molecule has 0 atom stereocenters. The van der Waals surface area contributed by atoms with E-state index >= 15 is 0 Å². The molecule has 0 aromatic rings. The van der Waals surface area contributed by atoms with Gasteiger partial charge in [-0.05, 0) is 19.4 Å². The largest absolute Gasteiger partial charge is 0.169 e. The van der Waals surface area contributed by atoms with Gasteiger partial charge in [0.25, 0.3) is 0 Å². The van der Waals surface area contributed by atoms with E-state index in [0.29, 0.717) is 0 Å². The first-order valence-electron chi connectivity index (χ1n) is 1.83. The molecule has 46 valence electrons. The summed E-state index contributed by atoms with van der Waals surface area (Å²) in [6, 6.07) is 0. The number of hydrogen-bond donors (Lipinski definition) is 0. The van der Waals surface area contributed by atoms with Crippen LogP contribution in [0.15, 0.2) is 0 Å². The number of thioether (sulfide) groups is 1. The second-order valence-corrected chi connectivity index (χ2v) is 3.28. The maximum absolute atomic E-state index is 5.04. The minimum atomic E-state index is -0.222. The Hall–Kier alpha value is 0.930. The molecule has 0 unspecified atom stereocenters. The summed E-state index contributed by atoms with van der Waals surface area (Å²) in [7, 11) is 0. The highest BCUT2D eigenvalue weighted by Gasteiger charge is 1.75. The first-order chi connectivity index (χ1) is 3.15. The second-order valence-electron chi connectivity index (χ2n) is 0.927. The highest BCUT2D eigenvalue weighted by molar-refractivity contribution is 7.97. The van der Waals surface area contributed by atoms with E-state index in [1.54, 1.807) is 18.7 Å². The summed E-state index contributed by atoms with van der Waals surface area (Å²) in [6.07, 6.45) is 4.08. The molecule has 3 heteroatoms. The topological polar surface area (TPSA) is 0 Å². The number of halogens is 2. The zero-order valence-electron chi connectivity index (χ0n) is 4.74. The van der Waals surface area contributed by atoms with E-state index in [4.69, 9.17) is 23.2 Å². The Balaban J connectivity index is 0. The summed E-state index contributed by atoms with van der Waals surface area (Å²) in [5, 5.41) is 0. The number of rotatable bonds is 0. The fraction of sp³-hybridized carbons (Fsp3) is 1.00. The monoisotopic (exact) mass is 160 g/mol. The molecule has 0 nitrogen and oxygen atoms in total. The molecule has 0 rings (SSSR count). The van der Waals surface area contributed by atoms with Crippen molar-refractivity contribution >= 4 is 35.0 Å². The van der Waals surface area contributed by atoms with Gasteiger partial charge in [-0.1, -0.05) is 0 Å². The molecule has 0 radical (unpaired) electrons. The van der Waals surface area contributed by atoms with E-state index in [9.17, 15) is 0 Å². The lowest BCUT2D eigenvalue weighted by molar-refractivity contribution is 1.39. The van der Waals surface area contributed by atoms with Crippen LogP contribution < -0.4 is 0 Å². The Morgan fingerprint density at radius 3 is 1.29 bits per heavy atom. The van der Waals surface area contributed by atoms with E-state index in [1.165, 1.54) is 0 Å². The van der Waals surface area contributed by atoms with Gasteiger partial charge in [0, 0.05) is 0 Å². The smallest absolute Gasteiger partial charge is 0.105 e. The van der Waals surface area contributed by atoms with Crippen molar-refractivity contribution < 1.29 is 0 Å². The van der Waals surface area contributed by atoms with Crippen LogP contribution in [-0.4, -0.2) is 17.3 Å². The Morgan fingerprint density at radius 1 is 1.29 bits per heavy atom. The lowest BCUT2D eigenvalue weighted by atomic mass is 11.0. The van der Waals surface area contributed by atoms with Crippen LogP contribution in [0.2, 0.25) is 0 Å². The van der Waals surface area contributed by atoms with Gasteiger partial charge in [0.1, 0.15) is 4.84 Å². The van der Waals surface area contributed by atoms with Gasteiger partial charge in [0.2, 0.25) is 0 Å². The molecule has 0 aromatic heterocycles. The zero-order chi connectivity index (χ0) is 6.28. The van der Waals surface area contributed by atoms with Crippen LogP contribution in [0.1, 0.15) is 6.92 Å². The summed E-state index contributed by atoms with van der Waals surface area (Å²) >= 11 is 11.8. The van der Waals surface area contributed by atoms with Gasteiger partial charge < -0.3 is 0 Å². The van der Waals surface area contributed by atoms with Gasteiger partial charge in [-0.2, -0.15) is 11.8 Å². The van der Waals surface area contributed by atoms with Crippen molar-refractivity contribution in [2.75, 3.05) is 12.5 Å². The standard InChI is InChI=1S/C2H4Cl2.C2H6S/c1-2(3)4;1-3-2/h2H,1H3;1-2H3. The Labute approximate surface area is 59.6 Å². The average molecular weight is 161 g/mol. The third kappa shape index (κ3) is 195. The molecule has 7 heavy (non-hydrogen) atoms. The molecule has 0 saturated heterocycles. The fourth-order valence-electron chi connectivity index (χ4n) is 0. The van der Waals surface area contributed by atoms with Gasteiger partial charge in [-0.3, -0.25) is 0 Å². The fourth-order valence-corrected chi connectivity index (χ4v) is 0. The molecule has 0 fully saturated rings. The lowest BCUT2D eigenvalue weighted by Gasteiger charge is -1.72. The maximum atomic E-state index is 5.04. The van der Waals surface area contributed by atoms with Crippen molar-refractivity contribution in [1.82, 2.24) is 0 Å². The molecule has 0 bridgehead atoms. The Morgan fingerprint density at radius 2 is 1.29 bits per heavy atom. The summed E-state index contributed by atoms with van der Waals surface area (Å²) in [5.41, 5.74) is 0. The van der Waals surface area contributed by atoms with E-state index in [-0.39, 0.29) is 4.84 Å². The van der Waals surface area contributed by atoms with Crippen LogP contribution in [0, 0.1) is 0 Å². The number of alkyl halides is 2. The summed E-state index contributed by atoms with van der Waals surface area (Å²) in [4.78, 5) is -0.222. The lowest BCUT2D eigenvalue weighted by Crippen LogP contribution is -1.63. The van der Waals surface area contributed by atoms with Crippen LogP contribution in [0.5, 0.6) is 0 Å². The predicted octanol–water partition coefficient (Wildman–Crippen LogP) is 2.79. The molecule has 0 aliphatic heterocycles. The van der Waals surface area contributed by atoms with Gasteiger partial charge in [-0.25, -0.2) is 0 Å². The molecular formula is C4H10Cl2S. The number of hydrogen-bond acceptors (Lipinski definition) is 1. The van der Waals surface area contributed by atoms with Gasteiger partial charge in [-0.15, -0.1) is 23.2 Å². The molecule has 0 aliphatic carbocycles. The van der Waals surface area contributed by atoms with Gasteiger partial charge in [0.05, 0.1) is 0 Å². The van der Waals surface area contributed by atoms with E-state index in [0.717, 1.165) is 0 Å². The molecule has 0 saturated carbocycles. The molecule has 0 aliphatic rings. The van der Waals surface area contributed by atoms with Crippen molar-refractivity contribution in [2.45, 2.75) is 11.8 Å². The van der Waals surface area contributed by atoms with Crippen molar-refractivity contribution in [3.05, 3.63) is 0 Å². The third-order valence-corrected chi connectivity index (χ3v) is 0. The predicted molar refractivity (Wildman–Crippen MR) is 40.6 cm³/mol. The average Bonchev–Trinajstić information content (AvgIpc) is 1.33. The van der Waals surface area contributed by atoms with Crippen LogP contribution in [-0.2, 0) is 0 Å². The van der Waals surface area contributed by atoms with Crippen LogP contribution in [0.25, 0.3) is 0 Å². The van der Waals surface area contributed by atoms with Crippen molar-refractivity contribution in [3.8, 4) is 0 Å². The molecule has 0 amide bonds. The van der Waals surface area contributed by atoms with Gasteiger partial charge >= 0.3 is 0 Å². The normalized spacial score (nSPS) is 7.71. The van der Waals surface area contributed by atoms with E-state index in [1.807, 2.05) is 12.5 Å². The van der Waals surface area contributed by atoms with Crippen molar-refractivity contribution in [1.29, 1.82) is 0 Å². The highest BCUT2D eigenvalue weighted by atomic mass is 35.5. The second kappa shape index (κ2) is 10.0. The zero-order valence-corrected chi connectivity index (χ0v) is 7.07. The first kappa shape index (κ1) is 10.8. The summed E-state index contributed by atoms with van der Waals surface area (Å²) in [5.74, 6) is 0. The molecule has 0 spiro atoms. The highest BCUT2D eigenvalue weighted by Crippen LogP contribution is 1.95. The van der Waals surface area contributed by atoms with E-state index in [2.05, 4.69) is 0 Å². The third-order valence-electron chi connectivity index (χ3n) is 0. The SMILES string of the molecule is CC(Cl)Cl.CSC. The first-order valence-corrected chi connectivity index (χ1v) is 4.34. The minimum Gasteiger partial charge on any atom is -0.169 e. The molecule has 0 aromatic carbocycles. The Bertz CT molecular complexity index is 20.9. The minimum absolute atomic E-state index is 0.222. The van der Waals surface area contributed by atoms with Crippen molar-refractivity contribution in [2.24, 2.45) is 0 Å². The summed E-state index contributed by atoms with van der Waals surface area (Å²) < 4.78 is 0.